The summed E-state index contributed by atoms with van der Waals surface area (Å²) in [5.74, 6) is -0.909. The van der Waals surface area contributed by atoms with Crippen LogP contribution in [-0.4, -0.2) is 51.3 Å². The number of fused-ring (bicyclic) bond motifs is 1. The van der Waals surface area contributed by atoms with Crippen LogP contribution in [0.2, 0.25) is 0 Å². The van der Waals surface area contributed by atoms with Crippen molar-refractivity contribution in [3.8, 4) is 5.75 Å². The molecule has 0 saturated carbocycles. The fourth-order valence-corrected chi connectivity index (χ4v) is 4.02. The first-order valence-electron chi connectivity index (χ1n) is 11.9. The Bertz CT molecular complexity index is 1270. The molecule has 0 atom stereocenters. The van der Waals surface area contributed by atoms with Crippen LogP contribution in [0, 0.1) is 5.41 Å². The number of unbranched alkanes of at least 4 members (excludes halogenated alkanes) is 2. The molecule has 198 valence electrons. The lowest BCUT2D eigenvalue weighted by Gasteiger charge is -2.20. The van der Waals surface area contributed by atoms with Gasteiger partial charge in [-0.15, -0.1) is 12.4 Å². The number of carboxylic acids is 1. The molecule has 37 heavy (non-hydrogen) atoms. The number of nitrogens with zero attached hydrogens (tertiary/aromatic N) is 2. The summed E-state index contributed by atoms with van der Waals surface area (Å²) >= 11 is 0. The maximum Gasteiger partial charge on any atom is 0.415 e. The van der Waals surface area contributed by atoms with Crippen LogP contribution in [0.1, 0.15) is 54.1 Å². The lowest BCUT2D eigenvalue weighted by Crippen LogP contribution is -2.38. The number of hydrogen-bond acceptors (Lipinski definition) is 5. The number of nitrogen functional groups attached to an aromatic ring is 1. The minimum absolute atomic E-state index is 0. The molecule has 9 nitrogen and oxygen atoms in total. The number of benzene rings is 2. The summed E-state index contributed by atoms with van der Waals surface area (Å²) in [4.78, 5) is 38.1. The maximum atomic E-state index is 13.1. The van der Waals surface area contributed by atoms with Gasteiger partial charge in [0.05, 0.1) is 0 Å². The summed E-state index contributed by atoms with van der Waals surface area (Å²) < 4.78 is 7.34. The summed E-state index contributed by atoms with van der Waals surface area (Å²) in [5.41, 5.74) is 8.43. The number of aliphatic carboxylic acids is 1. The molecular weight excluding hydrogens is 496 g/mol. The Kier molecular flexibility index (Phi) is 10.7. The molecule has 0 aliphatic rings. The van der Waals surface area contributed by atoms with Crippen molar-refractivity contribution < 1.29 is 24.2 Å². The van der Waals surface area contributed by atoms with Crippen LogP contribution in [0.15, 0.2) is 48.7 Å². The highest BCUT2D eigenvalue weighted by Crippen LogP contribution is 2.27. The third-order valence-electron chi connectivity index (χ3n) is 5.99. The van der Waals surface area contributed by atoms with Crippen LogP contribution >= 0.6 is 12.4 Å². The zero-order chi connectivity index (χ0) is 26.2. The van der Waals surface area contributed by atoms with E-state index in [1.807, 2.05) is 30.7 Å². The van der Waals surface area contributed by atoms with Gasteiger partial charge in [-0.25, -0.2) is 4.79 Å². The van der Waals surface area contributed by atoms with E-state index in [0.29, 0.717) is 35.9 Å². The van der Waals surface area contributed by atoms with E-state index in [1.54, 1.807) is 36.5 Å². The molecule has 3 rings (SSSR count). The number of hydrogen-bond donors (Lipinski definition) is 3. The Labute approximate surface area is 222 Å². The molecule has 3 aromatic rings. The molecule has 0 spiro atoms. The highest BCUT2D eigenvalue weighted by Gasteiger charge is 2.20. The van der Waals surface area contributed by atoms with E-state index in [9.17, 15) is 14.4 Å². The van der Waals surface area contributed by atoms with Gasteiger partial charge < -0.3 is 20.1 Å². The van der Waals surface area contributed by atoms with Gasteiger partial charge in [-0.3, -0.25) is 19.9 Å². The fraction of sp³-hybridized carbons (Fsp3) is 0.333. The lowest BCUT2D eigenvalue weighted by molar-refractivity contribution is -0.137. The number of carbonyl (C=O) groups is 3. The predicted octanol–water partition coefficient (Wildman–Crippen LogP) is 4.78. The summed E-state index contributed by atoms with van der Waals surface area (Å²) in [7, 11) is 1.84. The van der Waals surface area contributed by atoms with E-state index in [2.05, 4.69) is 0 Å². The Morgan fingerprint density at radius 1 is 1.11 bits per heavy atom. The zero-order valence-corrected chi connectivity index (χ0v) is 21.8. The summed E-state index contributed by atoms with van der Waals surface area (Å²) in [6.07, 6.45) is 4.36. The fourth-order valence-electron chi connectivity index (χ4n) is 4.02. The number of carbonyl (C=O) groups excluding carboxylic acids is 2. The van der Waals surface area contributed by atoms with Gasteiger partial charge in [-0.05, 0) is 36.6 Å². The molecule has 0 aliphatic carbocycles. The van der Waals surface area contributed by atoms with Crippen molar-refractivity contribution in [2.45, 2.75) is 39.0 Å². The first-order valence-corrected chi connectivity index (χ1v) is 11.9. The molecule has 0 fully saturated rings. The lowest BCUT2D eigenvalue weighted by atomic mass is 10.0. The van der Waals surface area contributed by atoms with E-state index >= 15 is 0 Å². The SMILES string of the molecule is CCCCCN(CC(=O)O)C(=O)Oc1ccc2c(c1)c(C(=O)CCc1ccc(C(=N)N)cc1)cn2C.Cl. The molecule has 1 aromatic heterocycles. The first-order chi connectivity index (χ1) is 17.2. The molecule has 10 heteroatoms. The van der Waals surface area contributed by atoms with E-state index < -0.39 is 18.6 Å². The highest BCUT2D eigenvalue weighted by atomic mass is 35.5. The summed E-state index contributed by atoms with van der Waals surface area (Å²) in [6, 6.07) is 12.3. The number of halogens is 1. The molecule has 2 aromatic carbocycles. The number of aryl methyl sites for hydroxylation is 2. The van der Waals surface area contributed by atoms with E-state index in [0.717, 1.165) is 23.9 Å². The highest BCUT2D eigenvalue weighted by molar-refractivity contribution is 6.08. The summed E-state index contributed by atoms with van der Waals surface area (Å²) in [6.45, 7) is 1.88. The van der Waals surface area contributed by atoms with Crippen LogP contribution in [0.4, 0.5) is 4.79 Å². The van der Waals surface area contributed by atoms with Crippen LogP contribution in [-0.2, 0) is 18.3 Å². The van der Waals surface area contributed by atoms with E-state index in [-0.39, 0.29) is 36.2 Å². The van der Waals surface area contributed by atoms with Crippen LogP contribution in [0.5, 0.6) is 5.75 Å². The van der Waals surface area contributed by atoms with Gasteiger partial charge in [0.25, 0.3) is 0 Å². The van der Waals surface area contributed by atoms with Crippen molar-refractivity contribution in [3.05, 3.63) is 65.4 Å². The molecule has 0 unspecified atom stereocenters. The number of nitrogens with one attached hydrogen (secondary N) is 1. The van der Waals surface area contributed by atoms with Gasteiger partial charge in [0, 0.05) is 48.2 Å². The third-order valence-corrected chi connectivity index (χ3v) is 5.99. The standard InChI is InChI=1S/C27H32N4O5.ClH/c1-3-4-5-14-31(17-25(33)34)27(35)36-20-11-12-23-21(15-20)22(16-30(23)2)24(32)13-8-18-6-9-19(10-7-18)26(28)29;/h6-7,9-12,15-16H,3-5,8,13-14,17H2,1-2H3,(H3,28,29)(H,33,34);1H. The number of amides is 1. The van der Waals surface area contributed by atoms with Crippen molar-refractivity contribution in [3.63, 3.8) is 0 Å². The Hall–Kier alpha value is -3.85. The van der Waals surface area contributed by atoms with Crippen LogP contribution < -0.4 is 10.5 Å². The number of rotatable bonds is 12. The monoisotopic (exact) mass is 528 g/mol. The largest absolute Gasteiger partial charge is 0.480 e. The number of ether oxygens (including phenoxy) is 1. The molecule has 0 aliphatic heterocycles. The number of amidine groups is 1. The molecule has 1 heterocycles. The minimum atomic E-state index is -1.11. The average Bonchev–Trinajstić information content (AvgIpc) is 3.17. The number of carboxylic acid groups (broad SMARTS) is 1. The van der Waals surface area contributed by atoms with Gasteiger partial charge in [0.2, 0.25) is 0 Å². The first kappa shape index (κ1) is 29.4. The topological polar surface area (TPSA) is 139 Å². The second-order valence-corrected chi connectivity index (χ2v) is 8.76. The normalized spacial score (nSPS) is 10.5. The third kappa shape index (κ3) is 7.82. The van der Waals surface area contributed by atoms with Crippen LogP contribution in [0.25, 0.3) is 10.9 Å². The molecule has 0 radical (unpaired) electrons. The second-order valence-electron chi connectivity index (χ2n) is 8.76. The van der Waals surface area contributed by atoms with Crippen molar-refractivity contribution >= 4 is 47.0 Å². The predicted molar refractivity (Wildman–Crippen MR) is 145 cm³/mol. The Balaban J connectivity index is 0.00000481. The van der Waals surface area contributed by atoms with Gasteiger partial charge in [0.1, 0.15) is 18.1 Å². The molecular formula is C27H33ClN4O5. The van der Waals surface area contributed by atoms with Crippen molar-refractivity contribution in [1.29, 1.82) is 5.41 Å². The summed E-state index contributed by atoms with van der Waals surface area (Å²) in [5, 5.41) is 17.3. The van der Waals surface area contributed by atoms with Crippen molar-refractivity contribution in [1.82, 2.24) is 9.47 Å². The Morgan fingerprint density at radius 2 is 1.81 bits per heavy atom. The molecule has 0 bridgehead atoms. The van der Waals surface area contributed by atoms with Gasteiger partial charge in [0.15, 0.2) is 5.78 Å². The number of Topliss-reactive ketones (excluding diaryl/α,β-unsaturated/α-hetero) is 1. The van der Waals surface area contributed by atoms with Gasteiger partial charge in [-0.1, -0.05) is 44.0 Å². The maximum absolute atomic E-state index is 13.1. The quantitative estimate of drug-likeness (QED) is 0.134. The van der Waals surface area contributed by atoms with Crippen molar-refractivity contribution in [2.24, 2.45) is 12.8 Å². The van der Waals surface area contributed by atoms with E-state index in [1.165, 1.54) is 4.90 Å². The Morgan fingerprint density at radius 3 is 2.43 bits per heavy atom. The van der Waals surface area contributed by atoms with Crippen molar-refractivity contribution in [2.75, 3.05) is 13.1 Å². The van der Waals surface area contributed by atoms with Gasteiger partial charge >= 0.3 is 12.1 Å². The average molecular weight is 529 g/mol. The second kappa shape index (κ2) is 13.5. The molecule has 1 amide bonds. The zero-order valence-electron chi connectivity index (χ0n) is 21.0. The molecule has 4 N–H and O–H groups in total. The number of nitrogens with two attached hydrogens (primary N) is 1. The van der Waals surface area contributed by atoms with E-state index in [4.69, 9.17) is 21.0 Å². The van der Waals surface area contributed by atoms with Gasteiger partial charge in [-0.2, -0.15) is 0 Å². The number of ketones is 1. The smallest absolute Gasteiger partial charge is 0.415 e. The molecule has 0 saturated heterocycles. The van der Waals surface area contributed by atoms with Crippen LogP contribution in [0.3, 0.4) is 0 Å². The minimum Gasteiger partial charge on any atom is -0.480 e. The number of aromatic nitrogens is 1.